The van der Waals surface area contributed by atoms with E-state index in [1.54, 1.807) is 7.11 Å². The first-order valence-corrected chi connectivity index (χ1v) is 8.63. The van der Waals surface area contributed by atoms with Crippen molar-refractivity contribution in [1.29, 1.82) is 0 Å². The van der Waals surface area contributed by atoms with Gasteiger partial charge in [0, 0.05) is 43.2 Å². The van der Waals surface area contributed by atoms with Gasteiger partial charge in [-0.2, -0.15) is 0 Å². The van der Waals surface area contributed by atoms with E-state index in [0.717, 1.165) is 39.7 Å². The fourth-order valence-corrected chi connectivity index (χ4v) is 3.07. The molecule has 1 aromatic heterocycles. The third-order valence-corrected chi connectivity index (χ3v) is 4.36. The quantitative estimate of drug-likeness (QED) is 0.586. The molecule has 128 valence electrons. The number of benzene rings is 2. The van der Waals surface area contributed by atoms with Crippen LogP contribution in [0.4, 0.5) is 0 Å². The van der Waals surface area contributed by atoms with E-state index in [1.807, 2.05) is 37.3 Å². The fourth-order valence-electron chi connectivity index (χ4n) is 3.07. The van der Waals surface area contributed by atoms with E-state index < -0.39 is 0 Å². The number of Topliss-reactive ketones (excluding diaryl/α,β-unsaturated/α-hetero) is 1. The molecule has 0 saturated heterocycles. The van der Waals surface area contributed by atoms with Crippen LogP contribution in [-0.4, -0.2) is 24.5 Å². The maximum atomic E-state index is 12.1. The van der Waals surface area contributed by atoms with Crippen molar-refractivity contribution in [2.75, 3.05) is 13.7 Å². The SMILES string of the molecule is COCCCC(=O)Cc1ccc2nc(C)c(-c3ccccc3)cc2c1. The molecule has 0 atom stereocenters. The lowest BCUT2D eigenvalue weighted by Crippen LogP contribution is -2.04. The number of aromatic nitrogens is 1. The number of rotatable bonds is 7. The van der Waals surface area contributed by atoms with Crippen molar-refractivity contribution in [3.63, 3.8) is 0 Å². The molecule has 25 heavy (non-hydrogen) atoms. The molecule has 3 heteroatoms. The van der Waals surface area contributed by atoms with E-state index in [0.29, 0.717) is 19.4 Å². The summed E-state index contributed by atoms with van der Waals surface area (Å²) in [5, 5.41) is 1.08. The van der Waals surface area contributed by atoms with Gasteiger partial charge in [-0.15, -0.1) is 0 Å². The smallest absolute Gasteiger partial charge is 0.137 e. The normalized spacial score (nSPS) is 11.0. The van der Waals surface area contributed by atoms with Crippen LogP contribution in [0.3, 0.4) is 0 Å². The van der Waals surface area contributed by atoms with Crippen LogP contribution in [0.5, 0.6) is 0 Å². The Balaban J connectivity index is 1.86. The zero-order valence-electron chi connectivity index (χ0n) is 14.8. The summed E-state index contributed by atoms with van der Waals surface area (Å²) < 4.78 is 5.01. The molecule has 0 N–H and O–H groups in total. The highest BCUT2D eigenvalue weighted by Gasteiger charge is 2.08. The molecule has 3 rings (SSSR count). The molecular weight excluding hydrogens is 310 g/mol. The number of ether oxygens (including phenoxy) is 1. The first kappa shape index (κ1) is 17.3. The number of ketones is 1. The Morgan fingerprint density at radius 3 is 2.64 bits per heavy atom. The molecule has 0 unspecified atom stereocenters. The summed E-state index contributed by atoms with van der Waals surface area (Å²) in [5.41, 5.74) is 5.32. The van der Waals surface area contributed by atoms with E-state index in [9.17, 15) is 4.79 Å². The molecule has 0 radical (unpaired) electrons. The first-order chi connectivity index (χ1) is 12.2. The molecule has 0 fully saturated rings. The number of nitrogens with zero attached hydrogens (tertiary/aromatic N) is 1. The first-order valence-electron chi connectivity index (χ1n) is 8.63. The molecule has 0 amide bonds. The van der Waals surface area contributed by atoms with Crippen molar-refractivity contribution in [3.05, 3.63) is 65.9 Å². The summed E-state index contributed by atoms with van der Waals surface area (Å²) in [6, 6.07) is 18.6. The van der Waals surface area contributed by atoms with Gasteiger partial charge in [0.15, 0.2) is 0 Å². The van der Waals surface area contributed by atoms with Gasteiger partial charge in [-0.1, -0.05) is 36.4 Å². The van der Waals surface area contributed by atoms with Gasteiger partial charge < -0.3 is 4.74 Å². The average Bonchev–Trinajstić information content (AvgIpc) is 2.62. The highest BCUT2D eigenvalue weighted by atomic mass is 16.5. The molecule has 3 aromatic rings. The van der Waals surface area contributed by atoms with E-state index in [4.69, 9.17) is 9.72 Å². The summed E-state index contributed by atoms with van der Waals surface area (Å²) in [7, 11) is 1.66. The highest BCUT2D eigenvalue weighted by Crippen LogP contribution is 2.26. The van der Waals surface area contributed by atoms with Crippen LogP contribution in [0.1, 0.15) is 24.1 Å². The van der Waals surface area contributed by atoms with Gasteiger partial charge >= 0.3 is 0 Å². The van der Waals surface area contributed by atoms with E-state index in [2.05, 4.69) is 24.3 Å². The van der Waals surface area contributed by atoms with Gasteiger partial charge in [-0.25, -0.2) is 0 Å². The standard InChI is InChI=1S/C22H23NO2/c1-16-21(18-7-4-3-5-8-18)15-19-13-17(10-11-22(19)23-16)14-20(24)9-6-12-25-2/h3-5,7-8,10-11,13,15H,6,9,12,14H2,1-2H3. The number of hydrogen-bond acceptors (Lipinski definition) is 3. The number of methoxy groups -OCH3 is 1. The lowest BCUT2D eigenvalue weighted by atomic mass is 9.99. The number of fused-ring (bicyclic) bond motifs is 1. The van der Waals surface area contributed by atoms with Crippen LogP contribution in [0.2, 0.25) is 0 Å². The van der Waals surface area contributed by atoms with Crippen LogP contribution >= 0.6 is 0 Å². The van der Waals surface area contributed by atoms with Crippen molar-refractivity contribution in [2.24, 2.45) is 0 Å². The summed E-state index contributed by atoms with van der Waals surface area (Å²) >= 11 is 0. The van der Waals surface area contributed by atoms with Crippen molar-refractivity contribution in [1.82, 2.24) is 4.98 Å². The third kappa shape index (κ3) is 4.31. The van der Waals surface area contributed by atoms with Gasteiger partial charge in [-0.3, -0.25) is 9.78 Å². The van der Waals surface area contributed by atoms with Crippen LogP contribution < -0.4 is 0 Å². The van der Waals surface area contributed by atoms with Crippen molar-refractivity contribution in [2.45, 2.75) is 26.2 Å². The summed E-state index contributed by atoms with van der Waals surface area (Å²) in [5.74, 6) is 0.250. The Morgan fingerprint density at radius 1 is 1.08 bits per heavy atom. The number of pyridine rings is 1. The van der Waals surface area contributed by atoms with Crippen molar-refractivity contribution >= 4 is 16.7 Å². The average molecular weight is 333 g/mol. The predicted molar refractivity (Wildman–Crippen MR) is 102 cm³/mol. The second-order valence-electron chi connectivity index (χ2n) is 6.33. The van der Waals surface area contributed by atoms with Crippen LogP contribution in [0, 0.1) is 6.92 Å². The monoisotopic (exact) mass is 333 g/mol. The lowest BCUT2D eigenvalue weighted by molar-refractivity contribution is -0.118. The topological polar surface area (TPSA) is 39.2 Å². The molecule has 0 aliphatic carbocycles. The maximum Gasteiger partial charge on any atom is 0.137 e. The zero-order chi connectivity index (χ0) is 17.6. The zero-order valence-corrected chi connectivity index (χ0v) is 14.8. The Bertz CT molecular complexity index is 872. The Labute approximate surface area is 148 Å². The van der Waals surface area contributed by atoms with Crippen molar-refractivity contribution < 1.29 is 9.53 Å². The number of carbonyl (C=O) groups excluding carboxylic acids is 1. The molecule has 2 aromatic carbocycles. The number of hydrogen-bond donors (Lipinski definition) is 0. The summed E-state index contributed by atoms with van der Waals surface area (Å²) in [6.45, 7) is 2.67. The van der Waals surface area contributed by atoms with Crippen molar-refractivity contribution in [3.8, 4) is 11.1 Å². The van der Waals surface area contributed by atoms with E-state index in [1.165, 1.54) is 0 Å². The van der Waals surface area contributed by atoms with Crippen LogP contribution in [0.25, 0.3) is 22.0 Å². The molecule has 0 aliphatic heterocycles. The minimum atomic E-state index is 0.250. The third-order valence-electron chi connectivity index (χ3n) is 4.36. The Kier molecular flexibility index (Phi) is 5.56. The van der Waals surface area contributed by atoms with Crippen LogP contribution in [-0.2, 0) is 16.0 Å². The Morgan fingerprint density at radius 2 is 1.88 bits per heavy atom. The molecule has 0 saturated carbocycles. The molecule has 0 spiro atoms. The molecular formula is C22H23NO2. The van der Waals surface area contributed by atoms with E-state index in [-0.39, 0.29) is 5.78 Å². The van der Waals surface area contributed by atoms with Gasteiger partial charge in [0.05, 0.1) is 5.52 Å². The highest BCUT2D eigenvalue weighted by molar-refractivity contribution is 5.87. The van der Waals surface area contributed by atoms with Gasteiger partial charge in [0.2, 0.25) is 0 Å². The maximum absolute atomic E-state index is 12.1. The van der Waals surface area contributed by atoms with E-state index >= 15 is 0 Å². The summed E-state index contributed by atoms with van der Waals surface area (Å²) in [6.07, 6.45) is 1.81. The molecule has 3 nitrogen and oxygen atoms in total. The summed E-state index contributed by atoms with van der Waals surface area (Å²) in [4.78, 5) is 16.8. The lowest BCUT2D eigenvalue weighted by Gasteiger charge is -2.09. The minimum Gasteiger partial charge on any atom is -0.385 e. The van der Waals surface area contributed by atoms with Gasteiger partial charge in [0.1, 0.15) is 5.78 Å². The fraction of sp³-hybridized carbons (Fsp3) is 0.273. The number of carbonyl (C=O) groups is 1. The molecule has 0 bridgehead atoms. The minimum absolute atomic E-state index is 0.250. The second-order valence-corrected chi connectivity index (χ2v) is 6.33. The predicted octanol–water partition coefficient (Wildman–Crippen LogP) is 4.75. The Hall–Kier alpha value is -2.52. The largest absolute Gasteiger partial charge is 0.385 e. The molecule has 1 heterocycles. The van der Waals surface area contributed by atoms with Gasteiger partial charge in [0.25, 0.3) is 0 Å². The number of aryl methyl sites for hydroxylation is 1. The van der Waals surface area contributed by atoms with Gasteiger partial charge in [-0.05, 0) is 42.7 Å². The second kappa shape index (κ2) is 8.04. The molecule has 0 aliphatic rings. The van der Waals surface area contributed by atoms with Crippen LogP contribution in [0.15, 0.2) is 54.6 Å².